The second-order valence-electron chi connectivity index (χ2n) is 5.46. The minimum absolute atomic E-state index is 0.175. The number of Topliss-reactive ketones (excluding diaryl/α,β-unsaturated/α-hetero) is 1. The fourth-order valence-corrected chi connectivity index (χ4v) is 2.64. The second-order valence-corrected chi connectivity index (χ2v) is 5.46. The van der Waals surface area contributed by atoms with E-state index in [4.69, 9.17) is 9.47 Å². The molecule has 5 nitrogen and oxygen atoms in total. The van der Waals surface area contributed by atoms with Crippen molar-refractivity contribution in [3.63, 3.8) is 0 Å². The highest BCUT2D eigenvalue weighted by molar-refractivity contribution is 5.97. The number of pyridine rings is 1. The van der Waals surface area contributed by atoms with Crippen molar-refractivity contribution in [3.8, 4) is 0 Å². The molecular weight excluding hydrogens is 306 g/mol. The first kappa shape index (κ1) is 15.9. The lowest BCUT2D eigenvalue weighted by Crippen LogP contribution is -2.14. The van der Waals surface area contributed by atoms with Crippen LogP contribution < -0.4 is 0 Å². The van der Waals surface area contributed by atoms with Crippen molar-refractivity contribution in [2.75, 3.05) is 13.2 Å². The predicted molar refractivity (Wildman–Crippen MR) is 90.9 cm³/mol. The summed E-state index contributed by atoms with van der Waals surface area (Å²) >= 11 is 0. The summed E-state index contributed by atoms with van der Waals surface area (Å²) in [6, 6.07) is 15.8. The number of para-hydroxylation sites is 2. The van der Waals surface area contributed by atoms with Crippen molar-refractivity contribution in [3.05, 3.63) is 54.1 Å². The van der Waals surface area contributed by atoms with Crippen molar-refractivity contribution in [1.82, 2.24) is 4.98 Å². The standard InChI is InChI=1S/C19H17NO4/c1-13(21)12-24-19(22)23-11-10-14-15-6-2-4-8-17(15)20-18-9-5-3-7-16(14)18/h2-9H,10-12H2,1H3. The number of hydrogen-bond acceptors (Lipinski definition) is 5. The molecule has 0 aliphatic carbocycles. The normalized spacial score (nSPS) is 10.7. The predicted octanol–water partition coefficient (Wildman–Crippen LogP) is 3.67. The maximum atomic E-state index is 11.5. The Labute approximate surface area is 139 Å². The smallest absolute Gasteiger partial charge is 0.434 e. The van der Waals surface area contributed by atoms with Crippen molar-refractivity contribution in [2.45, 2.75) is 13.3 Å². The molecule has 0 amide bonds. The lowest BCUT2D eigenvalue weighted by molar-refractivity contribution is -0.120. The van der Waals surface area contributed by atoms with Crippen LogP contribution in [0.25, 0.3) is 21.8 Å². The highest BCUT2D eigenvalue weighted by atomic mass is 16.7. The van der Waals surface area contributed by atoms with Crippen LogP contribution in [0.5, 0.6) is 0 Å². The molecule has 24 heavy (non-hydrogen) atoms. The summed E-state index contributed by atoms with van der Waals surface area (Å²) in [6.45, 7) is 1.26. The Morgan fingerprint density at radius 3 is 2.08 bits per heavy atom. The van der Waals surface area contributed by atoms with E-state index >= 15 is 0 Å². The monoisotopic (exact) mass is 323 g/mol. The highest BCUT2D eigenvalue weighted by Gasteiger charge is 2.10. The number of ketones is 1. The number of fused-ring (bicyclic) bond motifs is 2. The molecule has 3 aromatic rings. The molecule has 1 heterocycles. The van der Waals surface area contributed by atoms with Crippen LogP contribution in [0, 0.1) is 0 Å². The van der Waals surface area contributed by atoms with Crippen molar-refractivity contribution >= 4 is 33.7 Å². The topological polar surface area (TPSA) is 65.5 Å². The molecule has 0 spiro atoms. The molecule has 5 heteroatoms. The van der Waals surface area contributed by atoms with Crippen molar-refractivity contribution in [2.24, 2.45) is 0 Å². The summed E-state index contributed by atoms with van der Waals surface area (Å²) in [6.07, 6.45) is -0.286. The summed E-state index contributed by atoms with van der Waals surface area (Å²) in [5, 5.41) is 2.08. The molecule has 0 N–H and O–H groups in total. The quantitative estimate of drug-likeness (QED) is 0.529. The maximum absolute atomic E-state index is 11.5. The third-order valence-corrected chi connectivity index (χ3v) is 3.66. The summed E-state index contributed by atoms with van der Waals surface area (Å²) in [4.78, 5) is 26.9. The van der Waals surface area contributed by atoms with Crippen LogP contribution in [0.1, 0.15) is 12.5 Å². The molecule has 0 saturated carbocycles. The van der Waals surface area contributed by atoms with E-state index in [2.05, 4.69) is 4.98 Å². The van der Waals surface area contributed by atoms with Gasteiger partial charge in [-0.3, -0.25) is 4.79 Å². The first-order valence-corrected chi connectivity index (χ1v) is 7.70. The van der Waals surface area contributed by atoms with Gasteiger partial charge in [0.25, 0.3) is 0 Å². The summed E-state index contributed by atoms with van der Waals surface area (Å²) in [5.41, 5.74) is 2.89. The Hall–Kier alpha value is -2.95. The van der Waals surface area contributed by atoms with Gasteiger partial charge in [-0.2, -0.15) is 0 Å². The first-order chi connectivity index (χ1) is 11.6. The van der Waals surface area contributed by atoms with E-state index in [9.17, 15) is 9.59 Å². The average molecular weight is 323 g/mol. The number of ether oxygens (including phenoxy) is 2. The molecule has 0 bridgehead atoms. The minimum atomic E-state index is -0.826. The number of carbonyl (C=O) groups is 2. The van der Waals surface area contributed by atoms with Crippen LogP contribution in [0.2, 0.25) is 0 Å². The zero-order valence-corrected chi connectivity index (χ0v) is 13.3. The molecular formula is C19H17NO4. The van der Waals surface area contributed by atoms with E-state index < -0.39 is 6.16 Å². The average Bonchev–Trinajstić information content (AvgIpc) is 2.59. The molecule has 0 saturated heterocycles. The molecule has 2 aromatic carbocycles. The molecule has 3 rings (SSSR count). The zero-order valence-electron chi connectivity index (χ0n) is 13.3. The summed E-state index contributed by atoms with van der Waals surface area (Å²) in [5.74, 6) is -0.224. The van der Waals surface area contributed by atoms with Gasteiger partial charge in [0.05, 0.1) is 17.6 Å². The first-order valence-electron chi connectivity index (χ1n) is 7.70. The van der Waals surface area contributed by atoms with E-state index in [1.165, 1.54) is 6.92 Å². The molecule has 0 atom stereocenters. The van der Waals surface area contributed by atoms with Gasteiger partial charge >= 0.3 is 6.16 Å². The molecule has 0 aliphatic heterocycles. The van der Waals surface area contributed by atoms with E-state index in [1.807, 2.05) is 48.5 Å². The van der Waals surface area contributed by atoms with E-state index in [1.54, 1.807) is 0 Å². The molecule has 122 valence electrons. The third kappa shape index (κ3) is 3.51. The fraction of sp³-hybridized carbons (Fsp3) is 0.211. The largest absolute Gasteiger partial charge is 0.508 e. The molecule has 0 fully saturated rings. The number of rotatable bonds is 5. The third-order valence-electron chi connectivity index (χ3n) is 3.66. The number of hydrogen-bond donors (Lipinski definition) is 0. The van der Waals surface area contributed by atoms with Crippen LogP contribution in [0.3, 0.4) is 0 Å². The van der Waals surface area contributed by atoms with Gasteiger partial charge < -0.3 is 9.47 Å². The number of aromatic nitrogens is 1. The molecule has 0 aliphatic rings. The van der Waals surface area contributed by atoms with Crippen LogP contribution in [-0.4, -0.2) is 30.1 Å². The second kappa shape index (κ2) is 7.08. The number of carbonyl (C=O) groups excluding carboxylic acids is 2. The summed E-state index contributed by atoms with van der Waals surface area (Å²) < 4.78 is 9.75. The zero-order chi connectivity index (χ0) is 16.9. The number of benzene rings is 2. The van der Waals surface area contributed by atoms with E-state index in [0.29, 0.717) is 6.42 Å². The van der Waals surface area contributed by atoms with Gasteiger partial charge in [-0.15, -0.1) is 0 Å². The molecule has 1 aromatic heterocycles. The van der Waals surface area contributed by atoms with Gasteiger partial charge in [-0.25, -0.2) is 9.78 Å². The van der Waals surface area contributed by atoms with Crippen LogP contribution in [-0.2, 0) is 20.7 Å². The SMILES string of the molecule is CC(=O)COC(=O)OCCc1c2ccccc2nc2ccccc12. The van der Waals surface area contributed by atoms with E-state index in [0.717, 1.165) is 27.4 Å². The van der Waals surface area contributed by atoms with Crippen LogP contribution in [0.15, 0.2) is 48.5 Å². The van der Waals surface area contributed by atoms with Gasteiger partial charge in [-0.1, -0.05) is 36.4 Å². The number of nitrogens with zero attached hydrogens (tertiary/aromatic N) is 1. The Bertz CT molecular complexity index is 850. The summed E-state index contributed by atoms with van der Waals surface area (Å²) in [7, 11) is 0. The van der Waals surface area contributed by atoms with Crippen molar-refractivity contribution < 1.29 is 19.1 Å². The lowest BCUT2D eigenvalue weighted by atomic mass is 10.0. The lowest BCUT2D eigenvalue weighted by Gasteiger charge is -2.11. The maximum Gasteiger partial charge on any atom is 0.508 e. The van der Waals surface area contributed by atoms with Gasteiger partial charge in [0, 0.05) is 17.2 Å². The van der Waals surface area contributed by atoms with E-state index in [-0.39, 0.29) is 19.0 Å². The van der Waals surface area contributed by atoms with Gasteiger partial charge in [0.1, 0.15) is 0 Å². The van der Waals surface area contributed by atoms with Gasteiger partial charge in [0.2, 0.25) is 0 Å². The van der Waals surface area contributed by atoms with Crippen LogP contribution in [0.4, 0.5) is 4.79 Å². The Kier molecular flexibility index (Phi) is 4.70. The minimum Gasteiger partial charge on any atom is -0.434 e. The van der Waals surface area contributed by atoms with Gasteiger partial charge in [0.15, 0.2) is 12.4 Å². The Morgan fingerprint density at radius 2 is 1.50 bits per heavy atom. The highest BCUT2D eigenvalue weighted by Crippen LogP contribution is 2.26. The van der Waals surface area contributed by atoms with Crippen molar-refractivity contribution in [1.29, 1.82) is 0 Å². The van der Waals surface area contributed by atoms with Crippen LogP contribution >= 0.6 is 0 Å². The molecule has 0 unspecified atom stereocenters. The Morgan fingerprint density at radius 1 is 0.917 bits per heavy atom. The molecule has 0 radical (unpaired) electrons. The fourth-order valence-electron chi connectivity index (χ4n) is 2.64. The van der Waals surface area contributed by atoms with Gasteiger partial charge in [-0.05, 0) is 24.6 Å². The Balaban J connectivity index is 1.82.